The zero-order chi connectivity index (χ0) is 13.2. The van der Waals surface area contributed by atoms with Gasteiger partial charge in [0.05, 0.1) is 5.60 Å². The van der Waals surface area contributed by atoms with Gasteiger partial charge in [-0.05, 0) is 37.5 Å². The number of carbonyl (C=O) groups excluding carboxylic acids is 1. The van der Waals surface area contributed by atoms with Gasteiger partial charge < -0.3 is 10.8 Å². The molecule has 1 heterocycles. The second-order valence-corrected chi connectivity index (χ2v) is 5.33. The lowest BCUT2D eigenvalue weighted by atomic mass is 9.93. The number of nitrogens with zero attached hydrogens (tertiary/aromatic N) is 1. The van der Waals surface area contributed by atoms with Crippen LogP contribution in [-0.4, -0.2) is 34.6 Å². The molecule has 1 aromatic rings. The molecule has 0 aliphatic carbocycles. The van der Waals surface area contributed by atoms with Gasteiger partial charge in [-0.25, -0.2) is 0 Å². The fourth-order valence-corrected chi connectivity index (χ4v) is 2.23. The highest BCUT2D eigenvalue weighted by Gasteiger charge is 2.26. The van der Waals surface area contributed by atoms with Crippen LogP contribution in [-0.2, 0) is 6.54 Å². The van der Waals surface area contributed by atoms with Gasteiger partial charge in [-0.3, -0.25) is 9.69 Å². The molecule has 1 aliphatic heterocycles. The zero-order valence-electron chi connectivity index (χ0n) is 10.7. The van der Waals surface area contributed by atoms with Crippen LogP contribution in [0.5, 0.6) is 0 Å². The summed E-state index contributed by atoms with van der Waals surface area (Å²) in [4.78, 5) is 13.3. The molecule has 0 radical (unpaired) electrons. The average molecular weight is 248 g/mol. The van der Waals surface area contributed by atoms with E-state index in [0.29, 0.717) is 5.56 Å². The Morgan fingerprint density at radius 1 is 1.33 bits per heavy atom. The molecular weight excluding hydrogens is 228 g/mol. The maximum atomic E-state index is 11.0. The highest BCUT2D eigenvalue weighted by atomic mass is 16.3. The van der Waals surface area contributed by atoms with Gasteiger partial charge in [0.1, 0.15) is 0 Å². The molecule has 4 nitrogen and oxygen atoms in total. The van der Waals surface area contributed by atoms with Crippen LogP contribution in [0.4, 0.5) is 0 Å². The van der Waals surface area contributed by atoms with Crippen molar-refractivity contribution in [2.45, 2.75) is 31.9 Å². The van der Waals surface area contributed by atoms with Crippen molar-refractivity contribution >= 4 is 5.91 Å². The van der Waals surface area contributed by atoms with Crippen LogP contribution >= 0.6 is 0 Å². The molecule has 0 atom stereocenters. The predicted molar refractivity (Wildman–Crippen MR) is 70.1 cm³/mol. The van der Waals surface area contributed by atoms with Gasteiger partial charge >= 0.3 is 0 Å². The molecule has 1 saturated heterocycles. The quantitative estimate of drug-likeness (QED) is 0.842. The standard InChI is InChI=1S/C14H20N2O2/c1-14(18)6-8-16(9-7-14)10-11-2-4-12(5-3-11)13(15)17/h2-5,18H,6-10H2,1H3,(H2,15,17). The van der Waals surface area contributed by atoms with E-state index >= 15 is 0 Å². The summed E-state index contributed by atoms with van der Waals surface area (Å²) in [5.74, 6) is -0.393. The molecule has 2 rings (SSSR count). The minimum absolute atomic E-state index is 0.393. The Labute approximate surface area is 107 Å². The molecule has 18 heavy (non-hydrogen) atoms. The van der Waals surface area contributed by atoms with Crippen LogP contribution in [0.25, 0.3) is 0 Å². The summed E-state index contributed by atoms with van der Waals surface area (Å²) in [5.41, 5.74) is 6.40. The van der Waals surface area contributed by atoms with E-state index in [9.17, 15) is 9.90 Å². The SMILES string of the molecule is CC1(O)CCN(Cc2ccc(C(N)=O)cc2)CC1. The average Bonchev–Trinajstić information content (AvgIpc) is 2.33. The van der Waals surface area contributed by atoms with Crippen LogP contribution in [0.2, 0.25) is 0 Å². The van der Waals surface area contributed by atoms with Crippen molar-refractivity contribution in [1.29, 1.82) is 0 Å². The van der Waals surface area contributed by atoms with E-state index in [-0.39, 0.29) is 0 Å². The van der Waals surface area contributed by atoms with Crippen molar-refractivity contribution in [2.24, 2.45) is 5.73 Å². The highest BCUT2D eigenvalue weighted by Crippen LogP contribution is 2.22. The maximum Gasteiger partial charge on any atom is 0.248 e. The molecule has 1 amide bonds. The Hall–Kier alpha value is -1.39. The van der Waals surface area contributed by atoms with E-state index in [1.807, 2.05) is 19.1 Å². The maximum absolute atomic E-state index is 11.0. The third-order valence-corrected chi connectivity index (χ3v) is 3.58. The summed E-state index contributed by atoms with van der Waals surface area (Å²) in [6, 6.07) is 7.40. The molecule has 4 heteroatoms. The lowest BCUT2D eigenvalue weighted by molar-refractivity contribution is -0.00730. The molecule has 3 N–H and O–H groups in total. The number of rotatable bonds is 3. The van der Waals surface area contributed by atoms with Gasteiger partial charge in [0.25, 0.3) is 0 Å². The number of nitrogens with two attached hydrogens (primary N) is 1. The van der Waals surface area contributed by atoms with Crippen LogP contribution in [0.15, 0.2) is 24.3 Å². The van der Waals surface area contributed by atoms with Gasteiger partial charge in [0.15, 0.2) is 0 Å². The largest absolute Gasteiger partial charge is 0.390 e. The van der Waals surface area contributed by atoms with Gasteiger partial charge in [0, 0.05) is 25.2 Å². The second-order valence-electron chi connectivity index (χ2n) is 5.33. The van der Waals surface area contributed by atoms with Crippen molar-refractivity contribution in [2.75, 3.05) is 13.1 Å². The number of carbonyl (C=O) groups is 1. The van der Waals surface area contributed by atoms with Crippen molar-refractivity contribution in [3.63, 3.8) is 0 Å². The van der Waals surface area contributed by atoms with Gasteiger partial charge in [-0.1, -0.05) is 12.1 Å². The number of benzene rings is 1. The Morgan fingerprint density at radius 3 is 2.39 bits per heavy atom. The first-order valence-corrected chi connectivity index (χ1v) is 6.30. The lowest BCUT2D eigenvalue weighted by Crippen LogP contribution is -2.41. The number of amides is 1. The third-order valence-electron chi connectivity index (χ3n) is 3.58. The molecule has 1 aliphatic rings. The zero-order valence-corrected chi connectivity index (χ0v) is 10.7. The summed E-state index contributed by atoms with van der Waals surface area (Å²) >= 11 is 0. The minimum Gasteiger partial charge on any atom is -0.390 e. The molecule has 0 aromatic heterocycles. The summed E-state index contributed by atoms with van der Waals surface area (Å²) in [6.45, 7) is 4.57. The minimum atomic E-state index is -0.508. The first-order chi connectivity index (χ1) is 8.46. The molecule has 0 bridgehead atoms. The summed E-state index contributed by atoms with van der Waals surface area (Å²) in [7, 11) is 0. The van der Waals surface area contributed by atoms with Crippen molar-refractivity contribution < 1.29 is 9.90 Å². The predicted octanol–water partition coefficient (Wildman–Crippen LogP) is 1.13. The smallest absolute Gasteiger partial charge is 0.248 e. The Morgan fingerprint density at radius 2 is 1.89 bits per heavy atom. The van der Waals surface area contributed by atoms with E-state index in [1.54, 1.807) is 12.1 Å². The molecule has 1 fully saturated rings. The summed E-state index contributed by atoms with van der Waals surface area (Å²) < 4.78 is 0. The first kappa shape index (κ1) is 13.1. The number of piperidine rings is 1. The molecular formula is C14H20N2O2. The second kappa shape index (κ2) is 5.08. The topological polar surface area (TPSA) is 66.6 Å². The number of likely N-dealkylation sites (tertiary alicyclic amines) is 1. The number of primary amides is 1. The van der Waals surface area contributed by atoms with E-state index < -0.39 is 11.5 Å². The fraction of sp³-hybridized carbons (Fsp3) is 0.500. The lowest BCUT2D eigenvalue weighted by Gasteiger charge is -2.35. The molecule has 1 aromatic carbocycles. The summed E-state index contributed by atoms with van der Waals surface area (Å²) in [6.07, 6.45) is 1.62. The van der Waals surface area contributed by atoms with Gasteiger partial charge in [-0.2, -0.15) is 0 Å². The van der Waals surface area contributed by atoms with E-state index in [4.69, 9.17) is 5.73 Å². The van der Waals surface area contributed by atoms with E-state index in [0.717, 1.165) is 32.5 Å². The Bertz CT molecular complexity index is 416. The highest BCUT2D eigenvalue weighted by molar-refractivity contribution is 5.92. The monoisotopic (exact) mass is 248 g/mol. The number of aliphatic hydroxyl groups is 1. The fourth-order valence-electron chi connectivity index (χ4n) is 2.23. The van der Waals surface area contributed by atoms with Crippen LogP contribution in [0.3, 0.4) is 0 Å². The van der Waals surface area contributed by atoms with Crippen LogP contribution in [0.1, 0.15) is 35.7 Å². The van der Waals surface area contributed by atoms with E-state index in [1.165, 1.54) is 5.56 Å². The van der Waals surface area contributed by atoms with Crippen molar-refractivity contribution in [1.82, 2.24) is 4.90 Å². The third kappa shape index (κ3) is 3.31. The Kier molecular flexibility index (Phi) is 3.68. The van der Waals surface area contributed by atoms with Gasteiger partial charge in [0.2, 0.25) is 5.91 Å². The van der Waals surface area contributed by atoms with Crippen molar-refractivity contribution in [3.8, 4) is 0 Å². The molecule has 0 spiro atoms. The molecule has 0 unspecified atom stereocenters. The molecule has 0 saturated carbocycles. The normalized spacial score (nSPS) is 19.7. The van der Waals surface area contributed by atoms with Crippen LogP contribution in [0, 0.1) is 0 Å². The number of hydrogen-bond acceptors (Lipinski definition) is 3. The van der Waals surface area contributed by atoms with E-state index in [2.05, 4.69) is 4.90 Å². The first-order valence-electron chi connectivity index (χ1n) is 6.30. The summed E-state index contributed by atoms with van der Waals surface area (Å²) in [5, 5.41) is 9.88. The Balaban J connectivity index is 1.92. The van der Waals surface area contributed by atoms with Gasteiger partial charge in [-0.15, -0.1) is 0 Å². The van der Waals surface area contributed by atoms with Crippen LogP contribution < -0.4 is 5.73 Å². The number of hydrogen-bond donors (Lipinski definition) is 2. The van der Waals surface area contributed by atoms with Crippen molar-refractivity contribution in [3.05, 3.63) is 35.4 Å². The molecule has 98 valence electrons.